The van der Waals surface area contributed by atoms with E-state index in [-0.39, 0.29) is 18.4 Å². The Bertz CT molecular complexity index is 435. The number of hydrogen-bond acceptors (Lipinski definition) is 3. The van der Waals surface area contributed by atoms with Crippen LogP contribution in [0.5, 0.6) is 5.75 Å². The van der Waals surface area contributed by atoms with Crippen molar-refractivity contribution in [1.29, 1.82) is 0 Å². The maximum Gasteiger partial charge on any atom is 0.243 e. The fourth-order valence-corrected chi connectivity index (χ4v) is 1.35. The molecule has 0 saturated heterocycles. The molecule has 1 aromatic carbocycles. The number of halogens is 1. The molecule has 5 nitrogen and oxygen atoms in total. The van der Waals surface area contributed by atoms with Crippen molar-refractivity contribution in [2.45, 2.75) is 6.92 Å². The minimum absolute atomic E-state index is 0.0923. The van der Waals surface area contributed by atoms with Crippen LogP contribution < -0.4 is 15.4 Å². The third-order valence-corrected chi connectivity index (χ3v) is 2.17. The Morgan fingerprint density at radius 1 is 1.41 bits per heavy atom. The number of methoxy groups -OCH3 is 1. The molecule has 0 aliphatic heterocycles. The average Bonchev–Trinajstić information content (AvgIpc) is 2.27. The molecule has 1 rings (SSSR count). The molecule has 0 radical (unpaired) electrons. The number of carbonyl (C=O) groups excluding carboxylic acids is 2. The molecule has 0 fully saturated rings. The SMILES string of the molecule is COc1ccc(Cl)cc1NC(=O)CNC(C)=O. The van der Waals surface area contributed by atoms with Gasteiger partial charge in [-0.1, -0.05) is 11.6 Å². The number of amides is 2. The van der Waals surface area contributed by atoms with E-state index in [9.17, 15) is 9.59 Å². The molecule has 0 atom stereocenters. The summed E-state index contributed by atoms with van der Waals surface area (Å²) < 4.78 is 5.07. The minimum atomic E-state index is -0.347. The van der Waals surface area contributed by atoms with Crippen LogP contribution >= 0.6 is 11.6 Å². The van der Waals surface area contributed by atoms with Gasteiger partial charge in [-0.25, -0.2) is 0 Å². The fourth-order valence-electron chi connectivity index (χ4n) is 1.18. The van der Waals surface area contributed by atoms with Gasteiger partial charge in [-0.2, -0.15) is 0 Å². The van der Waals surface area contributed by atoms with Crippen LogP contribution in [0.2, 0.25) is 5.02 Å². The number of benzene rings is 1. The van der Waals surface area contributed by atoms with Crippen LogP contribution in [-0.2, 0) is 9.59 Å². The third kappa shape index (κ3) is 4.32. The molecule has 0 heterocycles. The van der Waals surface area contributed by atoms with Crippen molar-refractivity contribution in [2.75, 3.05) is 19.0 Å². The molecule has 92 valence electrons. The number of carbonyl (C=O) groups is 2. The molecule has 0 aromatic heterocycles. The van der Waals surface area contributed by atoms with Crippen molar-refractivity contribution in [1.82, 2.24) is 5.32 Å². The minimum Gasteiger partial charge on any atom is -0.495 e. The Labute approximate surface area is 104 Å². The summed E-state index contributed by atoms with van der Waals surface area (Å²) in [6.07, 6.45) is 0. The first kappa shape index (κ1) is 13.3. The first-order valence-electron chi connectivity index (χ1n) is 4.90. The van der Waals surface area contributed by atoms with Crippen molar-refractivity contribution < 1.29 is 14.3 Å². The summed E-state index contributed by atoms with van der Waals surface area (Å²) in [5.74, 6) is -0.107. The second-order valence-electron chi connectivity index (χ2n) is 3.30. The van der Waals surface area contributed by atoms with E-state index >= 15 is 0 Å². The Morgan fingerprint density at radius 3 is 2.71 bits per heavy atom. The molecule has 6 heteroatoms. The number of nitrogens with one attached hydrogen (secondary N) is 2. The number of anilines is 1. The van der Waals surface area contributed by atoms with Crippen molar-refractivity contribution in [3.8, 4) is 5.75 Å². The van der Waals surface area contributed by atoms with Crippen LogP contribution in [0.4, 0.5) is 5.69 Å². The molecule has 2 N–H and O–H groups in total. The third-order valence-electron chi connectivity index (χ3n) is 1.93. The summed E-state index contributed by atoms with van der Waals surface area (Å²) in [5, 5.41) is 5.47. The standard InChI is InChI=1S/C11H13ClN2O3/c1-7(15)13-6-11(16)14-9-5-8(12)3-4-10(9)17-2/h3-5H,6H2,1-2H3,(H,13,15)(H,14,16). The van der Waals surface area contributed by atoms with Gasteiger partial charge in [-0.05, 0) is 18.2 Å². The van der Waals surface area contributed by atoms with Gasteiger partial charge in [0.05, 0.1) is 19.3 Å². The molecule has 0 saturated carbocycles. The molecule has 2 amide bonds. The van der Waals surface area contributed by atoms with E-state index in [1.165, 1.54) is 14.0 Å². The Kier molecular flexibility index (Phi) is 4.78. The van der Waals surface area contributed by atoms with E-state index < -0.39 is 0 Å². The fraction of sp³-hybridized carbons (Fsp3) is 0.273. The summed E-state index contributed by atoms with van der Waals surface area (Å²) in [6.45, 7) is 1.25. The maximum atomic E-state index is 11.5. The quantitative estimate of drug-likeness (QED) is 0.856. The van der Waals surface area contributed by atoms with Crippen LogP contribution in [0.15, 0.2) is 18.2 Å². The zero-order chi connectivity index (χ0) is 12.8. The highest BCUT2D eigenvalue weighted by atomic mass is 35.5. The van der Waals surface area contributed by atoms with Gasteiger partial charge in [0, 0.05) is 11.9 Å². The average molecular weight is 257 g/mol. The van der Waals surface area contributed by atoms with Crippen molar-refractivity contribution >= 4 is 29.1 Å². The number of hydrogen-bond donors (Lipinski definition) is 2. The van der Waals surface area contributed by atoms with Crippen LogP contribution in [0.1, 0.15) is 6.92 Å². The summed E-state index contributed by atoms with van der Waals surface area (Å²) in [5.41, 5.74) is 0.468. The van der Waals surface area contributed by atoms with Crippen LogP contribution in [0, 0.1) is 0 Å². The van der Waals surface area contributed by atoms with Gasteiger partial charge in [0.25, 0.3) is 0 Å². The first-order chi connectivity index (χ1) is 8.02. The number of ether oxygens (including phenoxy) is 1. The molecule has 0 aliphatic rings. The lowest BCUT2D eigenvalue weighted by Crippen LogP contribution is -2.31. The second kappa shape index (κ2) is 6.10. The van der Waals surface area contributed by atoms with Gasteiger partial charge in [0.1, 0.15) is 5.75 Å². The predicted octanol–water partition coefficient (Wildman–Crippen LogP) is 1.42. The summed E-state index contributed by atoms with van der Waals surface area (Å²) in [7, 11) is 1.49. The molecule has 0 spiro atoms. The van der Waals surface area contributed by atoms with E-state index in [1.807, 2.05) is 0 Å². The van der Waals surface area contributed by atoms with Gasteiger partial charge >= 0.3 is 0 Å². The van der Waals surface area contributed by atoms with E-state index in [4.69, 9.17) is 16.3 Å². The van der Waals surface area contributed by atoms with Crippen LogP contribution in [-0.4, -0.2) is 25.5 Å². The van der Waals surface area contributed by atoms with Crippen molar-refractivity contribution in [3.05, 3.63) is 23.2 Å². The summed E-state index contributed by atoms with van der Waals surface area (Å²) in [4.78, 5) is 22.1. The Morgan fingerprint density at radius 2 is 2.12 bits per heavy atom. The molecule has 0 aliphatic carbocycles. The zero-order valence-corrected chi connectivity index (χ0v) is 10.3. The number of rotatable bonds is 4. The lowest BCUT2D eigenvalue weighted by Gasteiger charge is -2.10. The van der Waals surface area contributed by atoms with E-state index in [1.54, 1.807) is 18.2 Å². The molecule has 17 heavy (non-hydrogen) atoms. The highest BCUT2D eigenvalue weighted by Crippen LogP contribution is 2.27. The highest BCUT2D eigenvalue weighted by molar-refractivity contribution is 6.31. The lowest BCUT2D eigenvalue weighted by molar-refractivity contribution is -0.122. The summed E-state index contributed by atoms with van der Waals surface area (Å²) >= 11 is 5.81. The Hall–Kier alpha value is -1.75. The van der Waals surface area contributed by atoms with Gasteiger partial charge < -0.3 is 15.4 Å². The molecule has 1 aromatic rings. The monoisotopic (exact) mass is 256 g/mol. The lowest BCUT2D eigenvalue weighted by atomic mass is 10.3. The Balaban J connectivity index is 2.69. The highest BCUT2D eigenvalue weighted by Gasteiger charge is 2.08. The van der Waals surface area contributed by atoms with Crippen molar-refractivity contribution in [2.24, 2.45) is 0 Å². The van der Waals surface area contributed by atoms with E-state index in [0.29, 0.717) is 16.5 Å². The molecule has 0 bridgehead atoms. The van der Waals surface area contributed by atoms with E-state index in [0.717, 1.165) is 0 Å². The zero-order valence-electron chi connectivity index (χ0n) is 9.54. The molecular formula is C11H13ClN2O3. The van der Waals surface area contributed by atoms with Gasteiger partial charge in [0.2, 0.25) is 11.8 Å². The predicted molar refractivity (Wildman–Crippen MR) is 65.3 cm³/mol. The van der Waals surface area contributed by atoms with E-state index in [2.05, 4.69) is 10.6 Å². The van der Waals surface area contributed by atoms with Crippen molar-refractivity contribution in [3.63, 3.8) is 0 Å². The smallest absolute Gasteiger partial charge is 0.243 e. The first-order valence-corrected chi connectivity index (χ1v) is 5.28. The summed E-state index contributed by atoms with van der Waals surface area (Å²) in [6, 6.07) is 4.88. The maximum absolute atomic E-state index is 11.5. The topological polar surface area (TPSA) is 67.4 Å². The van der Waals surface area contributed by atoms with Gasteiger partial charge in [-0.15, -0.1) is 0 Å². The van der Waals surface area contributed by atoms with Gasteiger partial charge in [-0.3, -0.25) is 9.59 Å². The largest absolute Gasteiger partial charge is 0.495 e. The van der Waals surface area contributed by atoms with Crippen LogP contribution in [0.3, 0.4) is 0 Å². The van der Waals surface area contributed by atoms with Gasteiger partial charge in [0.15, 0.2) is 0 Å². The van der Waals surface area contributed by atoms with Crippen LogP contribution in [0.25, 0.3) is 0 Å². The molecular weight excluding hydrogens is 244 g/mol. The second-order valence-corrected chi connectivity index (χ2v) is 3.74. The normalized spacial score (nSPS) is 9.59. The molecule has 0 unspecified atom stereocenters.